The predicted molar refractivity (Wildman–Crippen MR) is 82.2 cm³/mol. The standard InChI is InChI=1S/C17H28N2/c1-13-9-10-19(12-14(13)2)17(11-18)15(3)16-7-5-4-6-8-16/h4-8,13-15,17H,9-12,18H2,1-3H3. The molecule has 1 fully saturated rings. The number of hydrogen-bond acceptors (Lipinski definition) is 2. The Kier molecular flexibility index (Phi) is 5.00. The molecule has 0 aromatic heterocycles. The molecule has 4 atom stereocenters. The van der Waals surface area contributed by atoms with Gasteiger partial charge in [0.05, 0.1) is 0 Å². The summed E-state index contributed by atoms with van der Waals surface area (Å²) >= 11 is 0. The smallest absolute Gasteiger partial charge is 0.0284 e. The van der Waals surface area contributed by atoms with Crippen molar-refractivity contribution < 1.29 is 0 Å². The highest BCUT2D eigenvalue weighted by atomic mass is 15.2. The fourth-order valence-electron chi connectivity index (χ4n) is 3.24. The van der Waals surface area contributed by atoms with Gasteiger partial charge < -0.3 is 5.73 Å². The van der Waals surface area contributed by atoms with Gasteiger partial charge in [-0.2, -0.15) is 0 Å². The van der Waals surface area contributed by atoms with Crippen LogP contribution in [0.3, 0.4) is 0 Å². The molecule has 1 heterocycles. The van der Waals surface area contributed by atoms with Crippen LogP contribution in [0, 0.1) is 11.8 Å². The second-order valence-corrected chi connectivity index (χ2v) is 6.24. The van der Waals surface area contributed by atoms with Crippen molar-refractivity contribution in [3.05, 3.63) is 35.9 Å². The van der Waals surface area contributed by atoms with Crippen molar-refractivity contribution >= 4 is 0 Å². The van der Waals surface area contributed by atoms with Gasteiger partial charge in [-0.15, -0.1) is 0 Å². The first-order valence-corrected chi connectivity index (χ1v) is 7.62. The van der Waals surface area contributed by atoms with Crippen molar-refractivity contribution in [3.8, 4) is 0 Å². The van der Waals surface area contributed by atoms with Gasteiger partial charge in [0.25, 0.3) is 0 Å². The van der Waals surface area contributed by atoms with Gasteiger partial charge in [-0.3, -0.25) is 4.90 Å². The molecule has 0 aliphatic carbocycles. The van der Waals surface area contributed by atoms with E-state index in [1.165, 1.54) is 25.1 Å². The molecule has 106 valence electrons. The maximum Gasteiger partial charge on any atom is 0.0284 e. The van der Waals surface area contributed by atoms with E-state index in [0.717, 1.165) is 18.4 Å². The fourth-order valence-corrected chi connectivity index (χ4v) is 3.24. The Morgan fingerprint density at radius 1 is 1.21 bits per heavy atom. The summed E-state index contributed by atoms with van der Waals surface area (Å²) in [6, 6.07) is 11.3. The molecule has 0 radical (unpaired) electrons. The predicted octanol–water partition coefficient (Wildman–Crippen LogP) is 3.10. The van der Waals surface area contributed by atoms with Gasteiger partial charge in [0.2, 0.25) is 0 Å². The normalized spacial score (nSPS) is 28.0. The van der Waals surface area contributed by atoms with E-state index in [4.69, 9.17) is 5.73 Å². The SMILES string of the molecule is CC1CCN(C(CN)C(C)c2ccccc2)CC1C. The lowest BCUT2D eigenvalue weighted by molar-refractivity contribution is 0.0880. The Hall–Kier alpha value is -0.860. The van der Waals surface area contributed by atoms with E-state index in [1.807, 2.05) is 0 Å². The van der Waals surface area contributed by atoms with Crippen LogP contribution in [0.1, 0.15) is 38.7 Å². The van der Waals surface area contributed by atoms with Crippen molar-refractivity contribution in [2.24, 2.45) is 17.6 Å². The number of piperidine rings is 1. The van der Waals surface area contributed by atoms with E-state index >= 15 is 0 Å². The van der Waals surface area contributed by atoms with Gasteiger partial charge in [-0.1, -0.05) is 51.1 Å². The zero-order valence-electron chi connectivity index (χ0n) is 12.5. The summed E-state index contributed by atoms with van der Waals surface area (Å²) in [7, 11) is 0. The fraction of sp³-hybridized carbons (Fsp3) is 0.647. The zero-order chi connectivity index (χ0) is 13.8. The van der Waals surface area contributed by atoms with Crippen LogP contribution in [-0.2, 0) is 0 Å². The highest BCUT2D eigenvalue weighted by Crippen LogP contribution is 2.29. The van der Waals surface area contributed by atoms with Crippen LogP contribution in [0.15, 0.2) is 30.3 Å². The molecule has 1 aromatic rings. The summed E-state index contributed by atoms with van der Waals surface area (Å²) in [5, 5.41) is 0. The number of hydrogen-bond donors (Lipinski definition) is 1. The number of nitrogens with two attached hydrogens (primary N) is 1. The highest BCUT2D eigenvalue weighted by Gasteiger charge is 2.30. The molecule has 1 aromatic carbocycles. The maximum absolute atomic E-state index is 6.08. The van der Waals surface area contributed by atoms with Crippen LogP contribution >= 0.6 is 0 Å². The highest BCUT2D eigenvalue weighted by molar-refractivity contribution is 5.20. The molecular weight excluding hydrogens is 232 g/mol. The Morgan fingerprint density at radius 3 is 2.47 bits per heavy atom. The zero-order valence-corrected chi connectivity index (χ0v) is 12.5. The Morgan fingerprint density at radius 2 is 1.89 bits per heavy atom. The molecule has 19 heavy (non-hydrogen) atoms. The molecule has 1 aliphatic rings. The van der Waals surface area contributed by atoms with Crippen LogP contribution in [0.5, 0.6) is 0 Å². The third-order valence-electron chi connectivity index (χ3n) is 4.98. The average Bonchev–Trinajstić information content (AvgIpc) is 2.44. The minimum Gasteiger partial charge on any atom is -0.329 e. The van der Waals surface area contributed by atoms with E-state index in [0.29, 0.717) is 12.0 Å². The third-order valence-corrected chi connectivity index (χ3v) is 4.98. The number of nitrogens with zero attached hydrogens (tertiary/aromatic N) is 1. The van der Waals surface area contributed by atoms with Gasteiger partial charge in [0.1, 0.15) is 0 Å². The third kappa shape index (κ3) is 3.37. The van der Waals surface area contributed by atoms with E-state index in [-0.39, 0.29) is 0 Å². The molecular formula is C17H28N2. The van der Waals surface area contributed by atoms with Crippen LogP contribution in [0.4, 0.5) is 0 Å². The maximum atomic E-state index is 6.08. The topological polar surface area (TPSA) is 29.3 Å². The van der Waals surface area contributed by atoms with Crippen LogP contribution in [0.2, 0.25) is 0 Å². The first-order chi connectivity index (χ1) is 9.13. The van der Waals surface area contributed by atoms with Gasteiger partial charge in [-0.05, 0) is 36.3 Å². The van der Waals surface area contributed by atoms with Gasteiger partial charge in [0, 0.05) is 19.1 Å². The Balaban J connectivity index is 2.07. The molecule has 4 unspecified atom stereocenters. The van der Waals surface area contributed by atoms with E-state index < -0.39 is 0 Å². The second kappa shape index (κ2) is 6.53. The molecule has 2 heteroatoms. The number of likely N-dealkylation sites (tertiary alicyclic amines) is 1. The van der Waals surface area contributed by atoms with Crippen LogP contribution < -0.4 is 5.73 Å². The molecule has 2 N–H and O–H groups in total. The molecule has 0 spiro atoms. The lowest BCUT2D eigenvalue weighted by atomic mass is 9.85. The molecule has 1 aliphatic heterocycles. The minimum atomic E-state index is 0.470. The average molecular weight is 260 g/mol. The van der Waals surface area contributed by atoms with Crippen molar-refractivity contribution in [3.63, 3.8) is 0 Å². The van der Waals surface area contributed by atoms with Crippen LogP contribution in [-0.4, -0.2) is 30.6 Å². The molecule has 0 amide bonds. The Bertz CT molecular complexity index is 376. The van der Waals surface area contributed by atoms with E-state index in [2.05, 4.69) is 56.0 Å². The molecule has 0 bridgehead atoms. The van der Waals surface area contributed by atoms with E-state index in [1.54, 1.807) is 0 Å². The second-order valence-electron chi connectivity index (χ2n) is 6.24. The lowest BCUT2D eigenvalue weighted by Crippen LogP contribution is -2.49. The van der Waals surface area contributed by atoms with Crippen molar-refractivity contribution in [2.75, 3.05) is 19.6 Å². The summed E-state index contributed by atoms with van der Waals surface area (Å²) < 4.78 is 0. The number of benzene rings is 1. The summed E-state index contributed by atoms with van der Waals surface area (Å²) in [4.78, 5) is 2.61. The minimum absolute atomic E-state index is 0.470. The summed E-state index contributed by atoms with van der Waals surface area (Å²) in [5.41, 5.74) is 7.49. The van der Waals surface area contributed by atoms with Gasteiger partial charge in [0.15, 0.2) is 0 Å². The molecule has 1 saturated heterocycles. The Labute approximate surface area is 118 Å². The van der Waals surface area contributed by atoms with Gasteiger partial charge >= 0.3 is 0 Å². The monoisotopic (exact) mass is 260 g/mol. The molecule has 2 nitrogen and oxygen atoms in total. The van der Waals surface area contributed by atoms with Crippen molar-refractivity contribution in [1.82, 2.24) is 4.90 Å². The number of rotatable bonds is 4. The molecule has 2 rings (SSSR count). The first-order valence-electron chi connectivity index (χ1n) is 7.62. The quantitative estimate of drug-likeness (QED) is 0.901. The van der Waals surface area contributed by atoms with Crippen molar-refractivity contribution in [1.29, 1.82) is 0 Å². The first kappa shape index (κ1) is 14.5. The summed E-state index contributed by atoms with van der Waals surface area (Å²) in [6.45, 7) is 10.2. The largest absolute Gasteiger partial charge is 0.329 e. The lowest BCUT2D eigenvalue weighted by Gasteiger charge is -2.42. The van der Waals surface area contributed by atoms with Crippen molar-refractivity contribution in [2.45, 2.75) is 39.2 Å². The van der Waals surface area contributed by atoms with Crippen LogP contribution in [0.25, 0.3) is 0 Å². The van der Waals surface area contributed by atoms with E-state index in [9.17, 15) is 0 Å². The summed E-state index contributed by atoms with van der Waals surface area (Å²) in [5.74, 6) is 2.14. The van der Waals surface area contributed by atoms with Gasteiger partial charge in [-0.25, -0.2) is 0 Å². The summed E-state index contributed by atoms with van der Waals surface area (Å²) in [6.07, 6.45) is 1.30. The molecule has 0 saturated carbocycles.